The van der Waals surface area contributed by atoms with E-state index in [9.17, 15) is 23.2 Å². The maximum absolute atomic E-state index is 14.0. The van der Waals surface area contributed by atoms with Crippen molar-refractivity contribution in [3.63, 3.8) is 0 Å². The average Bonchev–Trinajstić information content (AvgIpc) is 3.64. The molecule has 5 rings (SSSR count). The van der Waals surface area contributed by atoms with Crippen molar-refractivity contribution in [2.45, 2.75) is 71.6 Å². The van der Waals surface area contributed by atoms with Crippen LogP contribution in [0, 0.1) is 25.5 Å². The molecule has 0 bridgehead atoms. The first kappa shape index (κ1) is 30.0. The van der Waals surface area contributed by atoms with Gasteiger partial charge in [0, 0.05) is 42.9 Å². The van der Waals surface area contributed by atoms with Crippen LogP contribution in [0.15, 0.2) is 40.9 Å². The molecule has 10 nitrogen and oxygen atoms in total. The van der Waals surface area contributed by atoms with E-state index >= 15 is 0 Å². The highest BCUT2D eigenvalue weighted by Gasteiger charge is 2.38. The van der Waals surface area contributed by atoms with Gasteiger partial charge in [-0.15, -0.1) is 0 Å². The number of carbonyl (C=O) groups is 3. The largest absolute Gasteiger partial charge is 0.444 e. The number of likely N-dealkylation sites (tertiary alicyclic amines) is 1. The van der Waals surface area contributed by atoms with Gasteiger partial charge in [-0.1, -0.05) is 11.2 Å². The Morgan fingerprint density at radius 1 is 1.05 bits per heavy atom. The molecule has 0 saturated carbocycles. The van der Waals surface area contributed by atoms with E-state index in [4.69, 9.17) is 9.26 Å². The Balaban J connectivity index is 1.41. The third-order valence-corrected chi connectivity index (χ3v) is 7.50. The van der Waals surface area contributed by atoms with Crippen molar-refractivity contribution >= 4 is 35.0 Å². The van der Waals surface area contributed by atoms with Crippen LogP contribution in [0.2, 0.25) is 0 Å². The lowest BCUT2D eigenvalue weighted by Gasteiger charge is -2.26. The third kappa shape index (κ3) is 6.47. The summed E-state index contributed by atoms with van der Waals surface area (Å²) in [4.78, 5) is 41.9. The normalized spacial score (nSPS) is 18.7. The minimum Gasteiger partial charge on any atom is -0.444 e. The van der Waals surface area contributed by atoms with Crippen molar-refractivity contribution in [1.82, 2.24) is 10.1 Å². The minimum atomic E-state index is -1.10. The number of nitrogens with one attached hydrogen (secondary N) is 2. The quantitative estimate of drug-likeness (QED) is 0.370. The molecule has 2 saturated heterocycles. The second kappa shape index (κ2) is 11.7. The second-order valence-electron chi connectivity index (χ2n) is 11.9. The number of halogens is 2. The van der Waals surface area contributed by atoms with Gasteiger partial charge in [-0.05, 0) is 77.3 Å². The lowest BCUT2D eigenvalue weighted by molar-refractivity contribution is -0.120. The number of amides is 3. The molecule has 0 aliphatic carbocycles. The summed E-state index contributed by atoms with van der Waals surface area (Å²) < 4.78 is 38.5. The van der Waals surface area contributed by atoms with Gasteiger partial charge in [0.15, 0.2) is 11.6 Å². The molecule has 3 heterocycles. The third-order valence-electron chi connectivity index (χ3n) is 7.50. The van der Waals surface area contributed by atoms with Crippen LogP contribution in [0.3, 0.4) is 0 Å². The van der Waals surface area contributed by atoms with Crippen LogP contribution in [-0.2, 0) is 14.3 Å². The molecular weight excluding hydrogens is 560 g/mol. The highest BCUT2D eigenvalue weighted by molar-refractivity contribution is 6.08. The Hall–Kier alpha value is -4.48. The molecule has 2 aliphatic heterocycles. The van der Waals surface area contributed by atoms with Crippen LogP contribution in [0.4, 0.5) is 30.6 Å². The highest BCUT2D eigenvalue weighted by Crippen LogP contribution is 2.35. The molecule has 3 aromatic rings. The Morgan fingerprint density at radius 2 is 1.81 bits per heavy atom. The number of aromatic nitrogens is 1. The molecule has 2 N–H and O–H groups in total. The smallest absolute Gasteiger partial charge is 0.410 e. The fourth-order valence-corrected chi connectivity index (χ4v) is 5.52. The minimum absolute atomic E-state index is 0.0872. The van der Waals surface area contributed by atoms with E-state index in [1.807, 2.05) is 39.8 Å². The van der Waals surface area contributed by atoms with Gasteiger partial charge in [-0.2, -0.15) is 0 Å². The topological polar surface area (TPSA) is 117 Å². The Labute approximate surface area is 248 Å². The molecule has 228 valence electrons. The number of rotatable bonds is 6. The molecule has 2 unspecified atom stereocenters. The average molecular weight is 596 g/mol. The summed E-state index contributed by atoms with van der Waals surface area (Å²) in [6.45, 7) is 10.00. The van der Waals surface area contributed by atoms with Gasteiger partial charge in [0.25, 0.3) is 0 Å². The molecule has 3 amide bonds. The van der Waals surface area contributed by atoms with Crippen molar-refractivity contribution < 1.29 is 32.4 Å². The van der Waals surface area contributed by atoms with Crippen LogP contribution in [0.5, 0.6) is 0 Å². The van der Waals surface area contributed by atoms with Crippen molar-refractivity contribution in [3.05, 3.63) is 59.5 Å². The number of hydrogen-bond acceptors (Lipinski definition) is 7. The SMILES string of the molecule is Cc1noc(C)c1-c1ccc(NC2CCN(C(=O)OC(C)(C)C)C2)c(NC(=O)C2CCC(=O)N2c2ccc(F)c(F)c2)c1. The number of nitrogens with zero attached hydrogens (tertiary/aromatic N) is 3. The van der Waals surface area contributed by atoms with Crippen LogP contribution in [-0.4, -0.2) is 58.7 Å². The van der Waals surface area contributed by atoms with Crippen LogP contribution >= 0.6 is 0 Å². The van der Waals surface area contributed by atoms with Crippen molar-refractivity contribution in [2.75, 3.05) is 28.6 Å². The number of ether oxygens (including phenoxy) is 1. The van der Waals surface area contributed by atoms with Gasteiger partial charge in [-0.25, -0.2) is 13.6 Å². The molecule has 12 heteroatoms. The van der Waals surface area contributed by atoms with Gasteiger partial charge >= 0.3 is 6.09 Å². The summed E-state index contributed by atoms with van der Waals surface area (Å²) in [6, 6.07) is 7.61. The summed E-state index contributed by atoms with van der Waals surface area (Å²) in [5.74, 6) is -2.36. The van der Waals surface area contributed by atoms with E-state index in [2.05, 4.69) is 15.8 Å². The molecule has 0 radical (unpaired) electrons. The van der Waals surface area contributed by atoms with Crippen LogP contribution in [0.25, 0.3) is 11.1 Å². The van der Waals surface area contributed by atoms with E-state index in [-0.39, 0.29) is 36.6 Å². The van der Waals surface area contributed by atoms with Crippen molar-refractivity contribution in [1.29, 1.82) is 0 Å². The zero-order valence-corrected chi connectivity index (χ0v) is 24.8. The van der Waals surface area contributed by atoms with E-state index in [1.54, 1.807) is 17.9 Å². The first-order chi connectivity index (χ1) is 20.3. The first-order valence-electron chi connectivity index (χ1n) is 14.2. The standard InChI is InChI=1S/C31H35F2N5O5/c1-17-28(18(2)43-36-17)19-6-9-24(34-20-12-13-37(16-20)30(41)42-31(3,4)5)25(14-19)35-29(40)26-10-11-27(39)38(26)21-7-8-22(32)23(33)15-21/h6-9,14-15,20,26,34H,10-13,16H2,1-5H3,(H,35,40). The number of carbonyl (C=O) groups excluding carboxylic acids is 3. The van der Waals surface area contributed by atoms with Gasteiger partial charge in [-0.3, -0.25) is 14.5 Å². The number of benzene rings is 2. The van der Waals surface area contributed by atoms with Crippen molar-refractivity contribution in [3.8, 4) is 11.1 Å². The zero-order chi connectivity index (χ0) is 31.1. The van der Waals surface area contributed by atoms with E-state index in [1.165, 1.54) is 11.0 Å². The maximum atomic E-state index is 14.0. The number of aryl methyl sites for hydroxylation is 2. The fourth-order valence-electron chi connectivity index (χ4n) is 5.52. The Bertz CT molecular complexity index is 1550. The maximum Gasteiger partial charge on any atom is 0.410 e. The monoisotopic (exact) mass is 595 g/mol. The Morgan fingerprint density at radius 3 is 2.49 bits per heavy atom. The Kier molecular flexibility index (Phi) is 8.13. The van der Waals surface area contributed by atoms with Gasteiger partial charge < -0.3 is 24.8 Å². The summed E-state index contributed by atoms with van der Waals surface area (Å²) in [5, 5.41) is 10.4. The molecular formula is C31H35F2N5O5. The molecule has 2 aromatic carbocycles. The highest BCUT2D eigenvalue weighted by atomic mass is 19.2. The van der Waals surface area contributed by atoms with Gasteiger partial charge in [0.1, 0.15) is 17.4 Å². The lowest BCUT2D eigenvalue weighted by atomic mass is 10.0. The summed E-state index contributed by atoms with van der Waals surface area (Å²) >= 11 is 0. The van der Waals surface area contributed by atoms with Crippen LogP contribution in [0.1, 0.15) is 51.5 Å². The molecule has 2 atom stereocenters. The first-order valence-corrected chi connectivity index (χ1v) is 14.2. The van der Waals surface area contributed by atoms with E-state index in [0.717, 1.165) is 23.3 Å². The predicted molar refractivity (Wildman–Crippen MR) is 157 cm³/mol. The molecule has 2 fully saturated rings. The van der Waals surface area contributed by atoms with Gasteiger partial charge in [0.05, 0.1) is 17.1 Å². The number of anilines is 3. The molecule has 0 spiro atoms. The van der Waals surface area contributed by atoms with E-state index in [0.29, 0.717) is 42.3 Å². The van der Waals surface area contributed by atoms with Crippen LogP contribution < -0.4 is 15.5 Å². The second-order valence-corrected chi connectivity index (χ2v) is 11.9. The summed E-state index contributed by atoms with van der Waals surface area (Å²) in [5.41, 5.74) is 2.80. The molecule has 2 aliphatic rings. The van der Waals surface area contributed by atoms with E-state index < -0.39 is 29.2 Å². The molecule has 43 heavy (non-hydrogen) atoms. The zero-order valence-electron chi connectivity index (χ0n) is 24.8. The summed E-state index contributed by atoms with van der Waals surface area (Å²) in [7, 11) is 0. The lowest BCUT2D eigenvalue weighted by Crippen LogP contribution is -2.42. The number of hydrogen-bond donors (Lipinski definition) is 2. The fraction of sp³-hybridized carbons (Fsp3) is 0.419. The summed E-state index contributed by atoms with van der Waals surface area (Å²) in [6.07, 6.45) is 0.578. The molecule has 1 aromatic heterocycles. The van der Waals surface area contributed by atoms with Gasteiger partial charge in [0.2, 0.25) is 11.8 Å². The predicted octanol–water partition coefficient (Wildman–Crippen LogP) is 5.79. The van der Waals surface area contributed by atoms with Crippen molar-refractivity contribution in [2.24, 2.45) is 0 Å².